The van der Waals surface area contributed by atoms with Gasteiger partial charge >= 0.3 is 12.1 Å². The minimum atomic E-state index is -4.85. The number of hydrogen-bond acceptors (Lipinski definition) is 5. The molecule has 0 fully saturated rings. The van der Waals surface area contributed by atoms with Crippen LogP contribution < -0.4 is 15.7 Å². The fourth-order valence-corrected chi connectivity index (χ4v) is 3.05. The second kappa shape index (κ2) is 8.53. The Kier molecular flexibility index (Phi) is 5.63. The number of aromatic nitrogens is 4. The van der Waals surface area contributed by atoms with Gasteiger partial charge in [-0.3, -0.25) is 9.78 Å². The largest absolute Gasteiger partial charge is 0.573 e. The van der Waals surface area contributed by atoms with E-state index < -0.39 is 23.7 Å². The van der Waals surface area contributed by atoms with E-state index in [0.29, 0.717) is 11.3 Å². The first kappa shape index (κ1) is 21.1. The topological polar surface area (TPSA) is 90.5 Å². The Hall–Kier alpha value is -4.15. The third-order valence-electron chi connectivity index (χ3n) is 4.51. The molecule has 11 heteroatoms. The lowest BCUT2D eigenvalue weighted by atomic mass is 10.2. The summed E-state index contributed by atoms with van der Waals surface area (Å²) in [5.74, 6) is -0.971. The van der Waals surface area contributed by atoms with Crippen molar-refractivity contribution in [3.8, 4) is 5.75 Å². The van der Waals surface area contributed by atoms with Crippen LogP contribution in [0.15, 0.2) is 71.8 Å². The predicted molar refractivity (Wildman–Crippen MR) is 107 cm³/mol. The summed E-state index contributed by atoms with van der Waals surface area (Å²) in [5, 5.41) is 6.75. The number of benzene rings is 1. The molecule has 0 unspecified atom stereocenters. The molecule has 0 saturated heterocycles. The van der Waals surface area contributed by atoms with E-state index in [1.165, 1.54) is 45.6 Å². The highest BCUT2D eigenvalue weighted by atomic mass is 19.4. The van der Waals surface area contributed by atoms with Crippen molar-refractivity contribution in [3.05, 3.63) is 94.3 Å². The van der Waals surface area contributed by atoms with Crippen molar-refractivity contribution in [2.45, 2.75) is 19.5 Å². The second-order valence-corrected chi connectivity index (χ2v) is 6.75. The molecular weight excluding hydrogens is 427 g/mol. The van der Waals surface area contributed by atoms with Gasteiger partial charge in [-0.15, -0.1) is 18.3 Å². The van der Waals surface area contributed by atoms with E-state index in [-0.39, 0.29) is 24.2 Å². The Morgan fingerprint density at radius 3 is 2.59 bits per heavy atom. The van der Waals surface area contributed by atoms with Gasteiger partial charge in [0.05, 0.1) is 17.8 Å². The molecule has 0 spiro atoms. The molecule has 0 aliphatic carbocycles. The number of para-hydroxylation sites is 1. The number of amides is 1. The van der Waals surface area contributed by atoms with Crippen molar-refractivity contribution in [2.24, 2.45) is 0 Å². The van der Waals surface area contributed by atoms with Crippen LogP contribution in [0.25, 0.3) is 5.65 Å². The number of nitrogens with zero attached hydrogens (tertiary/aromatic N) is 4. The summed E-state index contributed by atoms with van der Waals surface area (Å²) in [6.07, 6.45) is -1.91. The van der Waals surface area contributed by atoms with Crippen LogP contribution in [0.2, 0.25) is 0 Å². The molecule has 0 aliphatic heterocycles. The first-order chi connectivity index (χ1) is 15.3. The van der Waals surface area contributed by atoms with Crippen LogP contribution in [-0.2, 0) is 13.1 Å². The van der Waals surface area contributed by atoms with Gasteiger partial charge in [-0.25, -0.2) is 13.9 Å². The molecule has 164 valence electrons. The highest BCUT2D eigenvalue weighted by molar-refractivity contribution is 5.94. The maximum absolute atomic E-state index is 12.6. The summed E-state index contributed by atoms with van der Waals surface area (Å²) in [4.78, 5) is 29.3. The van der Waals surface area contributed by atoms with E-state index in [9.17, 15) is 22.8 Å². The second-order valence-electron chi connectivity index (χ2n) is 6.75. The van der Waals surface area contributed by atoms with E-state index in [2.05, 4.69) is 20.1 Å². The van der Waals surface area contributed by atoms with Crippen LogP contribution in [0.5, 0.6) is 5.75 Å². The molecule has 32 heavy (non-hydrogen) atoms. The molecule has 0 aliphatic rings. The van der Waals surface area contributed by atoms with Gasteiger partial charge in [-0.1, -0.05) is 24.3 Å². The fourth-order valence-electron chi connectivity index (χ4n) is 3.05. The number of rotatable bonds is 6. The minimum absolute atomic E-state index is 0.145. The molecule has 0 atom stereocenters. The molecule has 0 radical (unpaired) electrons. The molecular formula is C21H16F3N5O3. The van der Waals surface area contributed by atoms with E-state index in [1.807, 2.05) is 0 Å². The van der Waals surface area contributed by atoms with Gasteiger partial charge in [0.1, 0.15) is 5.75 Å². The quantitative estimate of drug-likeness (QED) is 0.495. The van der Waals surface area contributed by atoms with Crippen LogP contribution in [0.4, 0.5) is 13.2 Å². The van der Waals surface area contributed by atoms with Crippen molar-refractivity contribution in [1.82, 2.24) is 24.5 Å². The highest BCUT2D eigenvalue weighted by Gasteiger charge is 2.32. The molecule has 1 amide bonds. The fraction of sp³-hybridized carbons (Fsp3) is 0.143. The lowest BCUT2D eigenvalue weighted by Crippen LogP contribution is -2.26. The summed E-state index contributed by atoms with van der Waals surface area (Å²) in [5.41, 5.74) is 0.831. The minimum Gasteiger partial charge on any atom is -0.405 e. The molecule has 1 N–H and O–H groups in total. The Morgan fingerprint density at radius 2 is 1.84 bits per heavy atom. The Labute approximate surface area is 178 Å². The summed E-state index contributed by atoms with van der Waals surface area (Å²) in [6, 6.07) is 13.8. The molecule has 1 aromatic carbocycles. The van der Waals surface area contributed by atoms with Crippen LogP contribution >= 0.6 is 0 Å². The zero-order valence-electron chi connectivity index (χ0n) is 16.4. The van der Waals surface area contributed by atoms with E-state index >= 15 is 0 Å². The SMILES string of the molecule is O=C(NCc1ccccc1OC(F)(F)F)c1ccc2nn(Cc3ccccn3)c(=O)n2c1. The molecule has 4 aromatic rings. The van der Waals surface area contributed by atoms with Crippen molar-refractivity contribution >= 4 is 11.6 Å². The number of halogens is 3. The smallest absolute Gasteiger partial charge is 0.405 e. The first-order valence-corrected chi connectivity index (χ1v) is 9.41. The number of nitrogens with one attached hydrogen (secondary N) is 1. The summed E-state index contributed by atoms with van der Waals surface area (Å²) < 4.78 is 44.1. The Bertz CT molecular complexity index is 1320. The first-order valence-electron chi connectivity index (χ1n) is 9.41. The average molecular weight is 443 g/mol. The number of hydrogen-bond donors (Lipinski definition) is 1. The van der Waals surface area contributed by atoms with Crippen LogP contribution in [0, 0.1) is 0 Å². The van der Waals surface area contributed by atoms with Crippen molar-refractivity contribution in [1.29, 1.82) is 0 Å². The number of carbonyl (C=O) groups is 1. The zero-order valence-corrected chi connectivity index (χ0v) is 16.4. The van der Waals surface area contributed by atoms with Gasteiger partial charge in [0.15, 0.2) is 5.65 Å². The molecule has 8 nitrogen and oxygen atoms in total. The standard InChI is InChI=1S/C21H16F3N5O3/c22-21(23,24)32-17-7-2-1-5-14(17)11-26-19(30)15-8-9-18-27-29(20(31)28(18)12-15)13-16-6-3-4-10-25-16/h1-10,12H,11,13H2,(H,26,30). The lowest BCUT2D eigenvalue weighted by Gasteiger charge is -2.13. The van der Waals surface area contributed by atoms with Gasteiger partial charge in [0.25, 0.3) is 5.91 Å². The Balaban J connectivity index is 1.51. The maximum atomic E-state index is 12.6. The van der Waals surface area contributed by atoms with Crippen LogP contribution in [-0.4, -0.2) is 31.4 Å². The highest BCUT2D eigenvalue weighted by Crippen LogP contribution is 2.26. The number of ether oxygens (including phenoxy) is 1. The van der Waals surface area contributed by atoms with Gasteiger partial charge in [-0.2, -0.15) is 0 Å². The average Bonchev–Trinajstić information content (AvgIpc) is 3.07. The van der Waals surface area contributed by atoms with Crippen LogP contribution in [0.1, 0.15) is 21.6 Å². The third kappa shape index (κ3) is 4.77. The van der Waals surface area contributed by atoms with Crippen molar-refractivity contribution in [2.75, 3.05) is 0 Å². The number of alkyl halides is 3. The number of fused-ring (bicyclic) bond motifs is 1. The van der Waals surface area contributed by atoms with Gasteiger partial charge in [-0.05, 0) is 30.3 Å². The van der Waals surface area contributed by atoms with Gasteiger partial charge in [0, 0.05) is 24.5 Å². The summed E-state index contributed by atoms with van der Waals surface area (Å²) in [7, 11) is 0. The molecule has 3 heterocycles. The predicted octanol–water partition coefficient (Wildman–Crippen LogP) is 2.77. The van der Waals surface area contributed by atoms with Gasteiger partial charge in [0.2, 0.25) is 0 Å². The summed E-state index contributed by atoms with van der Waals surface area (Å²) >= 11 is 0. The lowest BCUT2D eigenvalue weighted by molar-refractivity contribution is -0.274. The zero-order chi connectivity index (χ0) is 22.7. The number of carbonyl (C=O) groups excluding carboxylic acids is 1. The molecule has 0 bridgehead atoms. The summed E-state index contributed by atoms with van der Waals surface area (Å²) in [6.45, 7) is -0.0319. The van der Waals surface area contributed by atoms with Crippen LogP contribution in [0.3, 0.4) is 0 Å². The molecule has 0 saturated carbocycles. The van der Waals surface area contributed by atoms with Crippen molar-refractivity contribution < 1.29 is 22.7 Å². The van der Waals surface area contributed by atoms with E-state index in [1.54, 1.807) is 24.4 Å². The van der Waals surface area contributed by atoms with E-state index in [0.717, 1.165) is 6.07 Å². The van der Waals surface area contributed by atoms with Gasteiger partial charge < -0.3 is 10.1 Å². The molecule has 3 aromatic heterocycles. The number of pyridine rings is 2. The Morgan fingerprint density at radius 1 is 1.06 bits per heavy atom. The molecule has 4 rings (SSSR count). The monoisotopic (exact) mass is 443 g/mol. The third-order valence-corrected chi connectivity index (χ3v) is 4.51. The maximum Gasteiger partial charge on any atom is 0.573 e. The van der Waals surface area contributed by atoms with E-state index in [4.69, 9.17) is 0 Å². The normalized spacial score (nSPS) is 11.5. The van der Waals surface area contributed by atoms with Crippen molar-refractivity contribution in [3.63, 3.8) is 0 Å².